The molecule has 1 N–H and O–H groups in total. The summed E-state index contributed by atoms with van der Waals surface area (Å²) in [4.78, 5) is 4.42. The lowest BCUT2D eigenvalue weighted by Crippen LogP contribution is -2.29. The number of aromatic nitrogens is 2. The summed E-state index contributed by atoms with van der Waals surface area (Å²) in [5.74, 6) is 2.10. The maximum atomic E-state index is 4.42. The van der Waals surface area contributed by atoms with Gasteiger partial charge in [0.25, 0.3) is 0 Å². The van der Waals surface area contributed by atoms with Gasteiger partial charge in [0.05, 0.1) is 0 Å². The Hall–Kier alpha value is -0.830. The Balaban J connectivity index is 1.95. The number of rotatable bonds is 3. The molecule has 1 aromatic rings. The van der Waals surface area contributed by atoms with Crippen LogP contribution < -0.4 is 5.32 Å². The van der Waals surface area contributed by atoms with Gasteiger partial charge in [0, 0.05) is 25.4 Å². The van der Waals surface area contributed by atoms with Gasteiger partial charge in [0.1, 0.15) is 5.82 Å². The van der Waals surface area contributed by atoms with Crippen LogP contribution in [0.2, 0.25) is 0 Å². The summed E-state index contributed by atoms with van der Waals surface area (Å²) in [6.07, 6.45) is 7.76. The third-order valence-corrected chi connectivity index (χ3v) is 3.07. The van der Waals surface area contributed by atoms with E-state index in [2.05, 4.69) is 28.0 Å². The Morgan fingerprint density at radius 3 is 3.00 bits per heavy atom. The summed E-state index contributed by atoms with van der Waals surface area (Å²) in [5, 5.41) is 3.40. The van der Waals surface area contributed by atoms with Gasteiger partial charge in [-0.05, 0) is 38.8 Å². The van der Waals surface area contributed by atoms with E-state index in [0.717, 1.165) is 18.9 Å². The minimum absolute atomic E-state index is 0.837. The number of imidazole rings is 1. The SMILES string of the molecule is CCn1ccnc1CC1CCNCC1. The van der Waals surface area contributed by atoms with Crippen molar-refractivity contribution in [2.75, 3.05) is 13.1 Å². The van der Waals surface area contributed by atoms with Crippen molar-refractivity contribution in [2.24, 2.45) is 5.92 Å². The highest BCUT2D eigenvalue weighted by molar-refractivity contribution is 4.94. The summed E-state index contributed by atoms with van der Waals surface area (Å²) >= 11 is 0. The highest BCUT2D eigenvalue weighted by atomic mass is 15.1. The molecule has 0 radical (unpaired) electrons. The van der Waals surface area contributed by atoms with Crippen molar-refractivity contribution < 1.29 is 0 Å². The average Bonchev–Trinajstić information content (AvgIpc) is 2.67. The molecule has 1 saturated heterocycles. The monoisotopic (exact) mass is 193 g/mol. The van der Waals surface area contributed by atoms with Gasteiger partial charge in [0.15, 0.2) is 0 Å². The number of aryl methyl sites for hydroxylation is 1. The number of hydrogen-bond donors (Lipinski definition) is 1. The van der Waals surface area contributed by atoms with E-state index in [1.165, 1.54) is 31.8 Å². The van der Waals surface area contributed by atoms with E-state index >= 15 is 0 Å². The zero-order chi connectivity index (χ0) is 9.80. The molecule has 2 heterocycles. The molecular formula is C11H19N3. The van der Waals surface area contributed by atoms with Crippen molar-refractivity contribution in [3.63, 3.8) is 0 Å². The van der Waals surface area contributed by atoms with Crippen LogP contribution >= 0.6 is 0 Å². The van der Waals surface area contributed by atoms with Crippen LogP contribution in [0.4, 0.5) is 0 Å². The molecule has 0 bridgehead atoms. The number of nitrogens with one attached hydrogen (secondary N) is 1. The molecule has 3 nitrogen and oxygen atoms in total. The Labute approximate surface area is 85.5 Å². The highest BCUT2D eigenvalue weighted by Crippen LogP contribution is 2.16. The largest absolute Gasteiger partial charge is 0.335 e. The van der Waals surface area contributed by atoms with E-state index in [4.69, 9.17) is 0 Å². The normalized spacial score (nSPS) is 18.6. The van der Waals surface area contributed by atoms with Crippen LogP contribution in [0.1, 0.15) is 25.6 Å². The number of nitrogens with zero attached hydrogens (tertiary/aromatic N) is 2. The second-order valence-corrected chi connectivity index (χ2v) is 4.03. The Kier molecular flexibility index (Phi) is 3.19. The second kappa shape index (κ2) is 4.60. The van der Waals surface area contributed by atoms with Gasteiger partial charge in [-0.15, -0.1) is 0 Å². The first-order valence-corrected chi connectivity index (χ1v) is 5.61. The molecule has 14 heavy (non-hydrogen) atoms. The zero-order valence-electron chi connectivity index (χ0n) is 8.87. The van der Waals surface area contributed by atoms with E-state index < -0.39 is 0 Å². The van der Waals surface area contributed by atoms with E-state index in [0.29, 0.717) is 0 Å². The zero-order valence-corrected chi connectivity index (χ0v) is 8.87. The molecule has 1 fully saturated rings. The van der Waals surface area contributed by atoms with Gasteiger partial charge in [-0.3, -0.25) is 0 Å². The third kappa shape index (κ3) is 2.15. The molecule has 1 aliphatic rings. The van der Waals surface area contributed by atoms with Gasteiger partial charge in [-0.2, -0.15) is 0 Å². The van der Waals surface area contributed by atoms with Crippen LogP contribution in [0.5, 0.6) is 0 Å². The lowest BCUT2D eigenvalue weighted by atomic mass is 9.94. The minimum Gasteiger partial charge on any atom is -0.335 e. The molecule has 0 saturated carbocycles. The van der Waals surface area contributed by atoms with Crippen molar-refractivity contribution in [2.45, 2.75) is 32.7 Å². The van der Waals surface area contributed by atoms with Crippen LogP contribution in [0.25, 0.3) is 0 Å². The first-order valence-electron chi connectivity index (χ1n) is 5.61. The molecule has 3 heteroatoms. The molecule has 78 valence electrons. The van der Waals surface area contributed by atoms with Crippen molar-refractivity contribution in [3.05, 3.63) is 18.2 Å². The molecule has 0 aliphatic carbocycles. The summed E-state index contributed by atoms with van der Waals surface area (Å²) < 4.78 is 2.25. The van der Waals surface area contributed by atoms with Crippen LogP contribution in [0, 0.1) is 5.92 Å². The van der Waals surface area contributed by atoms with Crippen molar-refractivity contribution in [1.82, 2.24) is 14.9 Å². The van der Waals surface area contributed by atoms with E-state index in [1.807, 2.05) is 6.20 Å². The Morgan fingerprint density at radius 1 is 1.50 bits per heavy atom. The smallest absolute Gasteiger partial charge is 0.108 e. The molecule has 1 aromatic heterocycles. The summed E-state index contributed by atoms with van der Waals surface area (Å²) in [5.41, 5.74) is 0. The maximum Gasteiger partial charge on any atom is 0.108 e. The van der Waals surface area contributed by atoms with Crippen molar-refractivity contribution in [3.8, 4) is 0 Å². The number of hydrogen-bond acceptors (Lipinski definition) is 2. The first kappa shape index (κ1) is 9.71. The van der Waals surface area contributed by atoms with Crippen LogP contribution in [-0.2, 0) is 13.0 Å². The molecule has 0 unspecified atom stereocenters. The predicted molar refractivity (Wildman–Crippen MR) is 57.2 cm³/mol. The van der Waals surface area contributed by atoms with Gasteiger partial charge < -0.3 is 9.88 Å². The van der Waals surface area contributed by atoms with Crippen LogP contribution in [0.3, 0.4) is 0 Å². The summed E-state index contributed by atoms with van der Waals surface area (Å²) in [7, 11) is 0. The molecule has 0 atom stereocenters. The minimum atomic E-state index is 0.837. The highest BCUT2D eigenvalue weighted by Gasteiger charge is 2.15. The maximum absolute atomic E-state index is 4.42. The quantitative estimate of drug-likeness (QED) is 0.787. The van der Waals surface area contributed by atoms with E-state index in [1.54, 1.807) is 0 Å². The molecule has 0 aromatic carbocycles. The molecule has 1 aliphatic heterocycles. The van der Waals surface area contributed by atoms with Gasteiger partial charge >= 0.3 is 0 Å². The molecule has 0 spiro atoms. The van der Waals surface area contributed by atoms with Crippen LogP contribution in [-0.4, -0.2) is 22.6 Å². The summed E-state index contributed by atoms with van der Waals surface area (Å²) in [6, 6.07) is 0. The van der Waals surface area contributed by atoms with Crippen molar-refractivity contribution in [1.29, 1.82) is 0 Å². The summed E-state index contributed by atoms with van der Waals surface area (Å²) in [6.45, 7) is 5.57. The molecule has 0 amide bonds. The lowest BCUT2D eigenvalue weighted by molar-refractivity contribution is 0.363. The first-order chi connectivity index (χ1) is 6.90. The van der Waals surface area contributed by atoms with Gasteiger partial charge in [-0.1, -0.05) is 0 Å². The average molecular weight is 193 g/mol. The fourth-order valence-electron chi connectivity index (χ4n) is 2.16. The standard InChI is InChI=1S/C11H19N3/c1-2-14-8-7-13-11(14)9-10-3-5-12-6-4-10/h7-8,10,12H,2-6,9H2,1H3. The second-order valence-electron chi connectivity index (χ2n) is 4.03. The molecule has 2 rings (SSSR count). The number of piperidine rings is 1. The predicted octanol–water partition coefficient (Wildman–Crippen LogP) is 1.45. The topological polar surface area (TPSA) is 29.9 Å². The van der Waals surface area contributed by atoms with E-state index in [9.17, 15) is 0 Å². The van der Waals surface area contributed by atoms with E-state index in [-0.39, 0.29) is 0 Å². The Morgan fingerprint density at radius 2 is 2.29 bits per heavy atom. The Bertz CT molecular complexity index is 274. The fourth-order valence-corrected chi connectivity index (χ4v) is 2.16. The van der Waals surface area contributed by atoms with Crippen molar-refractivity contribution >= 4 is 0 Å². The van der Waals surface area contributed by atoms with Gasteiger partial charge in [0.2, 0.25) is 0 Å². The van der Waals surface area contributed by atoms with Gasteiger partial charge in [-0.25, -0.2) is 4.98 Å². The van der Waals surface area contributed by atoms with Crippen LogP contribution in [0.15, 0.2) is 12.4 Å². The third-order valence-electron chi connectivity index (χ3n) is 3.07. The fraction of sp³-hybridized carbons (Fsp3) is 0.727. The molecular weight excluding hydrogens is 174 g/mol. The lowest BCUT2D eigenvalue weighted by Gasteiger charge is -2.22.